The molecule has 3 N–H and O–H groups in total. The van der Waals surface area contributed by atoms with Crippen LogP contribution in [0.2, 0.25) is 0 Å². The number of carbonyl (C=O) groups is 1. The first-order chi connectivity index (χ1) is 12.5. The first-order valence-corrected chi connectivity index (χ1v) is 8.28. The summed E-state index contributed by atoms with van der Waals surface area (Å²) in [5.41, 5.74) is 7.41. The number of nitrogen functional groups attached to an aromatic ring is 1. The van der Waals surface area contributed by atoms with Crippen molar-refractivity contribution >= 4 is 41.1 Å². The Hall–Kier alpha value is -3.00. The summed E-state index contributed by atoms with van der Waals surface area (Å²) < 4.78 is 5.08. The predicted octanol–water partition coefficient (Wildman–Crippen LogP) is 3.46. The van der Waals surface area contributed by atoms with Crippen LogP contribution in [0.15, 0.2) is 36.4 Å². The van der Waals surface area contributed by atoms with Crippen molar-refractivity contribution in [2.75, 3.05) is 36.1 Å². The molecule has 1 saturated heterocycles. The molecule has 9 heteroatoms. The molecule has 8 nitrogen and oxygen atoms in total. The van der Waals surface area contributed by atoms with E-state index in [4.69, 9.17) is 10.5 Å². The summed E-state index contributed by atoms with van der Waals surface area (Å²) in [5, 5.41) is 14.1. The Morgan fingerprint density at radius 3 is 2.52 bits per heavy atom. The van der Waals surface area contributed by atoms with Crippen LogP contribution in [0, 0.1) is 10.1 Å². The van der Waals surface area contributed by atoms with Crippen LogP contribution < -0.4 is 20.7 Å². The largest absolute Gasteiger partial charge is 0.495 e. The van der Waals surface area contributed by atoms with E-state index in [1.54, 1.807) is 30.3 Å². The number of anilines is 3. The van der Waals surface area contributed by atoms with Crippen LogP contribution in [-0.4, -0.2) is 31.0 Å². The Bertz CT molecular complexity index is 853. The van der Waals surface area contributed by atoms with Crippen molar-refractivity contribution in [3.05, 3.63) is 52.1 Å². The third kappa shape index (κ3) is 4.40. The average molecular weight is 393 g/mol. The van der Waals surface area contributed by atoms with Gasteiger partial charge in [-0.25, -0.2) is 0 Å². The molecular formula is C18H21ClN4O4. The second-order valence-electron chi connectivity index (χ2n) is 6.07. The molecule has 27 heavy (non-hydrogen) atoms. The molecule has 0 spiro atoms. The molecule has 0 unspecified atom stereocenters. The number of halogens is 1. The van der Waals surface area contributed by atoms with Crippen molar-refractivity contribution in [2.45, 2.75) is 12.8 Å². The third-order valence-corrected chi connectivity index (χ3v) is 4.37. The summed E-state index contributed by atoms with van der Waals surface area (Å²) in [5.74, 6) is 0.0687. The number of hydrogen-bond donors (Lipinski definition) is 2. The van der Waals surface area contributed by atoms with Gasteiger partial charge in [-0.2, -0.15) is 0 Å². The molecule has 3 rings (SSSR count). The molecule has 2 aromatic rings. The SMILES string of the molecule is COc1ccc(NC(=O)c2ccc(N3CCCC3)c([N+](=O)[O-])c2)cc1N.Cl. The highest BCUT2D eigenvalue weighted by Gasteiger charge is 2.24. The fraction of sp³-hybridized carbons (Fsp3) is 0.278. The van der Waals surface area contributed by atoms with E-state index in [0.29, 0.717) is 22.8 Å². The van der Waals surface area contributed by atoms with Gasteiger partial charge in [0.15, 0.2) is 0 Å². The molecule has 1 fully saturated rings. The van der Waals surface area contributed by atoms with Gasteiger partial charge in [-0.3, -0.25) is 14.9 Å². The van der Waals surface area contributed by atoms with Crippen LogP contribution in [0.25, 0.3) is 0 Å². The zero-order valence-corrected chi connectivity index (χ0v) is 15.6. The third-order valence-electron chi connectivity index (χ3n) is 4.37. The molecule has 0 saturated carbocycles. The highest BCUT2D eigenvalue weighted by atomic mass is 35.5. The van der Waals surface area contributed by atoms with Crippen molar-refractivity contribution < 1.29 is 14.5 Å². The summed E-state index contributed by atoms with van der Waals surface area (Å²) in [6, 6.07) is 9.42. The Balaban J connectivity index is 0.00000261. The number of hydrogen-bond acceptors (Lipinski definition) is 6. The van der Waals surface area contributed by atoms with E-state index in [0.717, 1.165) is 25.9 Å². The number of amides is 1. The van der Waals surface area contributed by atoms with Crippen molar-refractivity contribution in [1.29, 1.82) is 0 Å². The highest BCUT2D eigenvalue weighted by molar-refractivity contribution is 6.05. The van der Waals surface area contributed by atoms with Crippen molar-refractivity contribution in [2.24, 2.45) is 0 Å². The average Bonchev–Trinajstić information content (AvgIpc) is 3.15. The summed E-state index contributed by atoms with van der Waals surface area (Å²) in [7, 11) is 1.50. The molecule has 0 bridgehead atoms. The quantitative estimate of drug-likeness (QED) is 0.458. The number of nitrogens with two attached hydrogens (primary N) is 1. The van der Waals surface area contributed by atoms with Gasteiger partial charge in [0.2, 0.25) is 0 Å². The zero-order chi connectivity index (χ0) is 18.7. The maximum atomic E-state index is 12.5. The van der Waals surface area contributed by atoms with Crippen LogP contribution in [0.3, 0.4) is 0 Å². The number of nitrogens with zero attached hydrogens (tertiary/aromatic N) is 2. The van der Waals surface area contributed by atoms with Crippen molar-refractivity contribution in [1.82, 2.24) is 0 Å². The molecule has 144 valence electrons. The fourth-order valence-corrected chi connectivity index (χ4v) is 3.05. The molecular weight excluding hydrogens is 372 g/mol. The van der Waals surface area contributed by atoms with Crippen LogP contribution in [0.5, 0.6) is 5.75 Å². The van der Waals surface area contributed by atoms with E-state index >= 15 is 0 Å². The lowest BCUT2D eigenvalue weighted by atomic mass is 10.1. The van der Waals surface area contributed by atoms with E-state index in [1.807, 2.05) is 4.90 Å². The van der Waals surface area contributed by atoms with Crippen LogP contribution in [0.1, 0.15) is 23.2 Å². The van der Waals surface area contributed by atoms with Crippen LogP contribution >= 0.6 is 12.4 Å². The lowest BCUT2D eigenvalue weighted by Crippen LogP contribution is -2.19. The number of nitro benzene ring substituents is 1. The van der Waals surface area contributed by atoms with Gasteiger partial charge in [-0.05, 0) is 43.2 Å². The number of ether oxygens (including phenoxy) is 1. The first-order valence-electron chi connectivity index (χ1n) is 8.28. The maximum Gasteiger partial charge on any atom is 0.293 e. The number of methoxy groups -OCH3 is 1. The minimum Gasteiger partial charge on any atom is -0.495 e. The summed E-state index contributed by atoms with van der Waals surface area (Å²) >= 11 is 0. The zero-order valence-electron chi connectivity index (χ0n) is 14.8. The van der Waals surface area contributed by atoms with Crippen LogP contribution in [-0.2, 0) is 0 Å². The molecule has 2 aromatic carbocycles. The van der Waals surface area contributed by atoms with Crippen molar-refractivity contribution in [3.8, 4) is 5.75 Å². The van der Waals surface area contributed by atoms with Gasteiger partial charge >= 0.3 is 0 Å². The molecule has 1 aliphatic heterocycles. The molecule has 1 amide bonds. The Morgan fingerprint density at radius 2 is 1.93 bits per heavy atom. The normalized spacial score (nSPS) is 13.0. The van der Waals surface area contributed by atoms with E-state index < -0.39 is 10.8 Å². The molecule has 0 aromatic heterocycles. The maximum absolute atomic E-state index is 12.5. The van der Waals surface area contributed by atoms with Gasteiger partial charge in [0.25, 0.3) is 11.6 Å². The van der Waals surface area contributed by atoms with Gasteiger partial charge in [-0.15, -0.1) is 12.4 Å². The first kappa shape index (κ1) is 20.3. The van der Waals surface area contributed by atoms with E-state index in [1.165, 1.54) is 13.2 Å². The number of carbonyl (C=O) groups excluding carboxylic acids is 1. The molecule has 1 heterocycles. The topological polar surface area (TPSA) is 111 Å². The lowest BCUT2D eigenvalue weighted by molar-refractivity contribution is -0.384. The van der Waals surface area contributed by atoms with E-state index in [9.17, 15) is 14.9 Å². The Morgan fingerprint density at radius 1 is 1.22 bits per heavy atom. The Labute approximate surface area is 162 Å². The van der Waals surface area contributed by atoms with Gasteiger partial charge in [0.1, 0.15) is 11.4 Å². The van der Waals surface area contributed by atoms with E-state index in [-0.39, 0.29) is 23.7 Å². The van der Waals surface area contributed by atoms with Gasteiger partial charge < -0.3 is 20.7 Å². The van der Waals surface area contributed by atoms with Crippen molar-refractivity contribution in [3.63, 3.8) is 0 Å². The molecule has 0 radical (unpaired) electrons. The minimum atomic E-state index is -0.449. The second kappa shape index (κ2) is 8.59. The van der Waals surface area contributed by atoms with Gasteiger partial charge in [0, 0.05) is 30.4 Å². The fourth-order valence-electron chi connectivity index (χ4n) is 3.05. The lowest BCUT2D eigenvalue weighted by Gasteiger charge is -2.17. The summed E-state index contributed by atoms with van der Waals surface area (Å²) in [6.45, 7) is 1.58. The number of benzene rings is 2. The smallest absolute Gasteiger partial charge is 0.293 e. The predicted molar refractivity (Wildman–Crippen MR) is 107 cm³/mol. The monoisotopic (exact) mass is 392 g/mol. The standard InChI is InChI=1S/C18H20N4O4.ClH/c1-26-17-7-5-13(11-14(17)19)20-18(23)12-4-6-15(16(10-12)22(24)25)21-8-2-3-9-21;/h4-7,10-11H,2-3,8-9,19H2,1H3,(H,20,23);1H. The van der Waals surface area contributed by atoms with Crippen LogP contribution in [0.4, 0.5) is 22.7 Å². The summed E-state index contributed by atoms with van der Waals surface area (Å²) in [4.78, 5) is 25.4. The van der Waals surface area contributed by atoms with Gasteiger partial charge in [-0.1, -0.05) is 0 Å². The molecule has 0 atom stereocenters. The number of rotatable bonds is 5. The van der Waals surface area contributed by atoms with E-state index in [2.05, 4.69) is 5.32 Å². The summed E-state index contributed by atoms with van der Waals surface area (Å²) in [6.07, 6.45) is 2.02. The number of nitro groups is 1. The molecule has 0 aliphatic carbocycles. The highest BCUT2D eigenvalue weighted by Crippen LogP contribution is 2.32. The molecule has 1 aliphatic rings. The van der Waals surface area contributed by atoms with Gasteiger partial charge in [0.05, 0.1) is 17.7 Å². The minimum absolute atomic E-state index is 0. The number of nitrogens with one attached hydrogen (secondary N) is 1. The Kier molecular flexibility index (Phi) is 6.46. The second-order valence-corrected chi connectivity index (χ2v) is 6.07.